The lowest BCUT2D eigenvalue weighted by Crippen LogP contribution is -2.54. The van der Waals surface area contributed by atoms with Crippen LogP contribution in [0, 0.1) is 5.41 Å². The highest BCUT2D eigenvalue weighted by Crippen LogP contribution is 2.42. The van der Waals surface area contributed by atoms with Gasteiger partial charge in [-0.15, -0.1) is 0 Å². The molecule has 7 nitrogen and oxygen atoms in total. The molecule has 1 aromatic rings. The van der Waals surface area contributed by atoms with Crippen molar-refractivity contribution in [3.63, 3.8) is 0 Å². The molecule has 7 heteroatoms. The number of rotatable bonds is 6. The van der Waals surface area contributed by atoms with E-state index < -0.39 is 0 Å². The van der Waals surface area contributed by atoms with Crippen molar-refractivity contribution in [1.29, 1.82) is 0 Å². The van der Waals surface area contributed by atoms with Gasteiger partial charge in [0.1, 0.15) is 0 Å². The molecule has 1 aliphatic carbocycles. The number of hydrogen-bond acceptors (Lipinski definition) is 6. The van der Waals surface area contributed by atoms with Gasteiger partial charge >= 0.3 is 0 Å². The molecule has 25 heavy (non-hydrogen) atoms. The molecule has 1 spiro atoms. The van der Waals surface area contributed by atoms with Crippen LogP contribution in [0.3, 0.4) is 0 Å². The number of hydrogen-bond donors (Lipinski definition) is 0. The molecule has 1 saturated carbocycles. The molecule has 0 bridgehead atoms. The Labute approximate surface area is 148 Å². The van der Waals surface area contributed by atoms with Crippen molar-refractivity contribution in [2.75, 3.05) is 44.8 Å². The maximum absolute atomic E-state index is 12.3. The third-order valence-corrected chi connectivity index (χ3v) is 5.83. The summed E-state index contributed by atoms with van der Waals surface area (Å²) in [6, 6.07) is 0. The maximum atomic E-state index is 12.3. The molecule has 3 fully saturated rings. The minimum atomic E-state index is 0.166. The Balaban J connectivity index is 1.42. The molecule has 1 atom stereocenters. The highest BCUT2D eigenvalue weighted by molar-refractivity contribution is 5.77. The molecule has 0 N–H and O–H groups in total. The number of ether oxygens (including phenoxy) is 1. The van der Waals surface area contributed by atoms with E-state index in [0.717, 1.165) is 57.3 Å². The predicted octanol–water partition coefficient (Wildman–Crippen LogP) is 2.19. The summed E-state index contributed by atoms with van der Waals surface area (Å²) in [7, 11) is 1.71. The van der Waals surface area contributed by atoms with Gasteiger partial charge < -0.3 is 19.1 Å². The summed E-state index contributed by atoms with van der Waals surface area (Å²) in [6.45, 7) is 4.24. The fourth-order valence-electron chi connectivity index (χ4n) is 4.27. The first-order chi connectivity index (χ1) is 12.2. The highest BCUT2D eigenvalue weighted by atomic mass is 16.5. The summed E-state index contributed by atoms with van der Waals surface area (Å²) >= 11 is 0. The average Bonchev–Trinajstić information content (AvgIpc) is 3.35. The van der Waals surface area contributed by atoms with Gasteiger partial charge in [0.05, 0.1) is 0 Å². The van der Waals surface area contributed by atoms with Gasteiger partial charge in [0, 0.05) is 57.6 Å². The van der Waals surface area contributed by atoms with Crippen molar-refractivity contribution < 1.29 is 14.1 Å². The van der Waals surface area contributed by atoms with Crippen molar-refractivity contribution in [3.8, 4) is 0 Å². The van der Waals surface area contributed by atoms with E-state index in [1.807, 2.05) is 4.90 Å². The van der Waals surface area contributed by atoms with Gasteiger partial charge in [0.15, 0.2) is 0 Å². The number of likely N-dealkylation sites (tertiary alicyclic amines) is 1. The molecule has 1 amide bonds. The predicted molar refractivity (Wildman–Crippen MR) is 92.5 cm³/mol. The van der Waals surface area contributed by atoms with Crippen LogP contribution in [0.2, 0.25) is 0 Å². The number of aromatic nitrogens is 2. The summed E-state index contributed by atoms with van der Waals surface area (Å²) in [6.07, 6.45) is 7.15. The topological polar surface area (TPSA) is 71.7 Å². The van der Waals surface area contributed by atoms with Gasteiger partial charge in [-0.05, 0) is 43.7 Å². The molecular formula is C18H28N4O3. The molecule has 4 rings (SSSR count). The monoisotopic (exact) mass is 348 g/mol. The molecule has 3 aliphatic rings. The molecule has 0 radical (unpaired) electrons. The minimum Gasteiger partial charge on any atom is -0.385 e. The van der Waals surface area contributed by atoms with E-state index in [1.165, 1.54) is 19.3 Å². The molecule has 1 unspecified atom stereocenters. The van der Waals surface area contributed by atoms with E-state index in [2.05, 4.69) is 15.0 Å². The number of anilines is 1. The van der Waals surface area contributed by atoms with Crippen molar-refractivity contribution in [3.05, 3.63) is 5.89 Å². The van der Waals surface area contributed by atoms with Gasteiger partial charge in [-0.2, -0.15) is 4.98 Å². The van der Waals surface area contributed by atoms with E-state index in [9.17, 15) is 4.79 Å². The summed E-state index contributed by atoms with van der Waals surface area (Å²) in [5.74, 6) is 2.32. The van der Waals surface area contributed by atoms with Crippen LogP contribution in [0.25, 0.3) is 0 Å². The van der Waals surface area contributed by atoms with E-state index in [-0.39, 0.29) is 11.3 Å². The van der Waals surface area contributed by atoms with Crippen LogP contribution < -0.4 is 4.90 Å². The highest BCUT2D eigenvalue weighted by Gasteiger charge is 2.42. The van der Waals surface area contributed by atoms with Crippen LogP contribution >= 0.6 is 0 Å². The molecule has 3 heterocycles. The molecule has 138 valence electrons. The van der Waals surface area contributed by atoms with Crippen LogP contribution in [0.5, 0.6) is 0 Å². The van der Waals surface area contributed by atoms with Gasteiger partial charge in [0.25, 0.3) is 5.95 Å². The first-order valence-electron chi connectivity index (χ1n) is 9.54. The first-order valence-corrected chi connectivity index (χ1v) is 9.54. The Bertz CT molecular complexity index is 615. The molecule has 0 aromatic carbocycles. The standard InChI is InChI=1S/C18H28N4O3/c1-24-11-3-10-21-12-18(8-6-15(21)23)7-2-9-22(13-18)17-19-16(25-20-17)14-4-5-14/h14H,2-13H2,1H3. The third-order valence-electron chi connectivity index (χ3n) is 5.83. The Hall–Kier alpha value is -1.63. The molecule has 2 saturated heterocycles. The lowest BCUT2D eigenvalue weighted by atomic mass is 9.73. The molecule has 2 aliphatic heterocycles. The molecular weight excluding hydrogens is 320 g/mol. The van der Waals surface area contributed by atoms with Crippen LogP contribution in [0.1, 0.15) is 56.8 Å². The fraction of sp³-hybridized carbons (Fsp3) is 0.833. The summed E-state index contributed by atoms with van der Waals surface area (Å²) in [5.41, 5.74) is 0.166. The third kappa shape index (κ3) is 3.66. The zero-order chi connectivity index (χ0) is 17.3. The van der Waals surface area contributed by atoms with Crippen LogP contribution in [-0.2, 0) is 9.53 Å². The second-order valence-electron chi connectivity index (χ2n) is 7.89. The fourth-order valence-corrected chi connectivity index (χ4v) is 4.27. The van der Waals surface area contributed by atoms with Crippen LogP contribution in [0.4, 0.5) is 5.95 Å². The smallest absolute Gasteiger partial charge is 0.266 e. The first kappa shape index (κ1) is 16.8. The van der Waals surface area contributed by atoms with Crippen molar-refractivity contribution in [2.24, 2.45) is 5.41 Å². The Morgan fingerprint density at radius 2 is 2.20 bits per heavy atom. The second-order valence-corrected chi connectivity index (χ2v) is 7.89. The van der Waals surface area contributed by atoms with Gasteiger partial charge in [-0.25, -0.2) is 0 Å². The van der Waals surface area contributed by atoms with Crippen molar-refractivity contribution >= 4 is 11.9 Å². The summed E-state index contributed by atoms with van der Waals surface area (Å²) in [5, 5.41) is 4.22. The minimum absolute atomic E-state index is 0.166. The molecule has 1 aromatic heterocycles. The average molecular weight is 348 g/mol. The zero-order valence-corrected chi connectivity index (χ0v) is 15.1. The van der Waals surface area contributed by atoms with Gasteiger partial charge in [-0.3, -0.25) is 4.79 Å². The van der Waals surface area contributed by atoms with E-state index in [0.29, 0.717) is 18.9 Å². The van der Waals surface area contributed by atoms with E-state index in [4.69, 9.17) is 9.26 Å². The quantitative estimate of drug-likeness (QED) is 0.734. The van der Waals surface area contributed by atoms with Crippen LogP contribution in [0.15, 0.2) is 4.52 Å². The zero-order valence-electron chi connectivity index (χ0n) is 15.1. The Morgan fingerprint density at radius 3 is 3.00 bits per heavy atom. The van der Waals surface area contributed by atoms with Crippen molar-refractivity contribution in [1.82, 2.24) is 15.0 Å². The van der Waals surface area contributed by atoms with Gasteiger partial charge in [-0.1, -0.05) is 0 Å². The SMILES string of the molecule is COCCCN1CC2(CCCN(c3noc(C4CC4)n3)C2)CCC1=O. The number of carbonyl (C=O) groups excluding carboxylic acids is 1. The summed E-state index contributed by atoms with van der Waals surface area (Å²) < 4.78 is 10.6. The number of piperidine rings is 2. The lowest BCUT2D eigenvalue weighted by Gasteiger charge is -2.48. The number of carbonyl (C=O) groups is 1. The van der Waals surface area contributed by atoms with Gasteiger partial charge in [0.2, 0.25) is 11.8 Å². The maximum Gasteiger partial charge on any atom is 0.266 e. The number of nitrogens with zero attached hydrogens (tertiary/aromatic N) is 4. The van der Waals surface area contributed by atoms with E-state index in [1.54, 1.807) is 7.11 Å². The summed E-state index contributed by atoms with van der Waals surface area (Å²) in [4.78, 5) is 21.2. The second kappa shape index (κ2) is 6.94. The van der Waals surface area contributed by atoms with Crippen molar-refractivity contribution in [2.45, 2.75) is 50.9 Å². The van der Waals surface area contributed by atoms with E-state index >= 15 is 0 Å². The number of amides is 1. The lowest BCUT2D eigenvalue weighted by molar-refractivity contribution is -0.138. The Morgan fingerprint density at radius 1 is 1.32 bits per heavy atom. The van der Waals surface area contributed by atoms with Crippen LogP contribution in [-0.4, -0.2) is 60.8 Å². The largest absolute Gasteiger partial charge is 0.385 e. The number of methoxy groups -OCH3 is 1. The Kier molecular flexibility index (Phi) is 4.67. The normalized spacial score (nSPS) is 27.3.